The average molecular weight is 277 g/mol. The van der Waals surface area contributed by atoms with E-state index in [2.05, 4.69) is 23.6 Å². The van der Waals surface area contributed by atoms with E-state index in [9.17, 15) is 9.59 Å². The van der Waals surface area contributed by atoms with Crippen molar-refractivity contribution in [2.45, 2.75) is 39.7 Å². The molecule has 0 radical (unpaired) electrons. The molecule has 0 aliphatic heterocycles. The number of amides is 3. The second kappa shape index (κ2) is 8.19. The number of aryl methyl sites for hydroxylation is 2. The number of nitrogens with one attached hydrogen (secondary N) is 2. The van der Waals surface area contributed by atoms with Crippen molar-refractivity contribution in [1.82, 2.24) is 10.6 Å². The van der Waals surface area contributed by atoms with E-state index in [0.717, 1.165) is 18.4 Å². The van der Waals surface area contributed by atoms with Crippen LogP contribution in [0.1, 0.15) is 36.0 Å². The van der Waals surface area contributed by atoms with Gasteiger partial charge in [-0.15, -0.1) is 0 Å². The molecule has 5 heteroatoms. The highest BCUT2D eigenvalue weighted by Gasteiger charge is 2.03. The fourth-order valence-corrected chi connectivity index (χ4v) is 1.95. The Morgan fingerprint density at radius 2 is 1.90 bits per heavy atom. The van der Waals surface area contributed by atoms with Gasteiger partial charge >= 0.3 is 6.03 Å². The molecule has 1 rings (SSSR count). The number of carbonyl (C=O) groups excluding carboxylic acids is 2. The standard InChI is InChI=1S/C15H23N3O2/c1-11-6-7-13(12(2)9-11)10-18-14(19)5-3-4-8-17-15(16)20/h6-7,9H,3-5,8,10H2,1-2H3,(H,18,19)(H3,16,17,20). The van der Waals surface area contributed by atoms with E-state index in [4.69, 9.17) is 5.73 Å². The molecule has 0 atom stereocenters. The summed E-state index contributed by atoms with van der Waals surface area (Å²) < 4.78 is 0. The smallest absolute Gasteiger partial charge is 0.312 e. The first-order valence-corrected chi connectivity index (χ1v) is 6.85. The van der Waals surface area contributed by atoms with E-state index in [1.165, 1.54) is 11.1 Å². The highest BCUT2D eigenvalue weighted by Crippen LogP contribution is 2.10. The van der Waals surface area contributed by atoms with Crippen molar-refractivity contribution in [1.29, 1.82) is 0 Å². The minimum Gasteiger partial charge on any atom is -0.352 e. The van der Waals surface area contributed by atoms with Gasteiger partial charge in [0, 0.05) is 19.5 Å². The molecule has 1 aromatic rings. The van der Waals surface area contributed by atoms with Gasteiger partial charge in [-0.05, 0) is 37.8 Å². The van der Waals surface area contributed by atoms with Crippen LogP contribution in [0, 0.1) is 13.8 Å². The Morgan fingerprint density at radius 1 is 1.15 bits per heavy atom. The van der Waals surface area contributed by atoms with Gasteiger partial charge in [-0.1, -0.05) is 23.8 Å². The molecule has 20 heavy (non-hydrogen) atoms. The predicted molar refractivity (Wildman–Crippen MR) is 79.2 cm³/mol. The van der Waals surface area contributed by atoms with Crippen LogP contribution in [0.15, 0.2) is 18.2 Å². The lowest BCUT2D eigenvalue weighted by atomic mass is 10.1. The molecule has 0 saturated carbocycles. The molecule has 4 N–H and O–H groups in total. The van der Waals surface area contributed by atoms with Crippen molar-refractivity contribution in [3.8, 4) is 0 Å². The second-order valence-corrected chi connectivity index (χ2v) is 4.95. The molecule has 0 aliphatic rings. The van der Waals surface area contributed by atoms with Crippen LogP contribution >= 0.6 is 0 Å². The molecule has 0 fully saturated rings. The normalized spacial score (nSPS) is 10.1. The predicted octanol–water partition coefficient (Wildman–Crippen LogP) is 1.76. The fraction of sp³-hybridized carbons (Fsp3) is 0.467. The number of unbranched alkanes of at least 4 members (excludes halogenated alkanes) is 1. The van der Waals surface area contributed by atoms with E-state index >= 15 is 0 Å². The first-order chi connectivity index (χ1) is 9.49. The molecule has 0 bridgehead atoms. The Morgan fingerprint density at radius 3 is 2.55 bits per heavy atom. The summed E-state index contributed by atoms with van der Waals surface area (Å²) in [7, 11) is 0. The van der Waals surface area contributed by atoms with Crippen LogP contribution in [0.3, 0.4) is 0 Å². The Labute approximate surface area is 119 Å². The molecule has 1 aromatic carbocycles. The van der Waals surface area contributed by atoms with Crippen molar-refractivity contribution in [3.63, 3.8) is 0 Å². The third-order valence-electron chi connectivity index (χ3n) is 3.10. The SMILES string of the molecule is Cc1ccc(CNC(=O)CCCCNC(N)=O)c(C)c1. The zero-order valence-electron chi connectivity index (χ0n) is 12.2. The van der Waals surface area contributed by atoms with Crippen molar-refractivity contribution >= 4 is 11.9 Å². The van der Waals surface area contributed by atoms with Crippen LogP contribution in [0.25, 0.3) is 0 Å². The molecular weight excluding hydrogens is 254 g/mol. The van der Waals surface area contributed by atoms with E-state index in [1.807, 2.05) is 19.1 Å². The summed E-state index contributed by atoms with van der Waals surface area (Å²) in [5.41, 5.74) is 8.49. The molecule has 3 amide bonds. The van der Waals surface area contributed by atoms with E-state index in [1.54, 1.807) is 0 Å². The second-order valence-electron chi connectivity index (χ2n) is 4.95. The minimum absolute atomic E-state index is 0.0315. The third kappa shape index (κ3) is 6.22. The molecule has 0 spiro atoms. The van der Waals surface area contributed by atoms with Gasteiger partial charge in [-0.25, -0.2) is 4.79 Å². The first-order valence-electron chi connectivity index (χ1n) is 6.85. The molecule has 0 heterocycles. The van der Waals surface area contributed by atoms with Gasteiger partial charge in [-0.2, -0.15) is 0 Å². The van der Waals surface area contributed by atoms with Crippen molar-refractivity contribution < 1.29 is 9.59 Å². The molecular formula is C15H23N3O2. The zero-order valence-corrected chi connectivity index (χ0v) is 12.2. The van der Waals surface area contributed by atoms with Crippen LogP contribution in [-0.2, 0) is 11.3 Å². The molecule has 0 aromatic heterocycles. The fourth-order valence-electron chi connectivity index (χ4n) is 1.95. The lowest BCUT2D eigenvalue weighted by Gasteiger charge is -2.09. The Hall–Kier alpha value is -2.04. The molecule has 5 nitrogen and oxygen atoms in total. The number of primary amides is 1. The molecule has 0 unspecified atom stereocenters. The minimum atomic E-state index is -0.524. The summed E-state index contributed by atoms with van der Waals surface area (Å²) in [4.78, 5) is 22.1. The summed E-state index contributed by atoms with van der Waals surface area (Å²) in [6.07, 6.45) is 1.95. The number of benzene rings is 1. The van der Waals surface area contributed by atoms with E-state index in [0.29, 0.717) is 19.5 Å². The van der Waals surface area contributed by atoms with Crippen LogP contribution < -0.4 is 16.4 Å². The van der Waals surface area contributed by atoms with Crippen LogP contribution in [-0.4, -0.2) is 18.5 Å². The summed E-state index contributed by atoms with van der Waals surface area (Å²) >= 11 is 0. The van der Waals surface area contributed by atoms with Gasteiger partial charge in [0.15, 0.2) is 0 Å². The Balaban J connectivity index is 2.21. The topological polar surface area (TPSA) is 84.2 Å². The summed E-state index contributed by atoms with van der Waals surface area (Å²) in [5, 5.41) is 5.40. The van der Waals surface area contributed by atoms with Gasteiger partial charge in [0.1, 0.15) is 0 Å². The van der Waals surface area contributed by atoms with Crippen molar-refractivity contribution in [2.24, 2.45) is 5.73 Å². The van der Waals surface area contributed by atoms with E-state index < -0.39 is 6.03 Å². The first kappa shape index (κ1) is 16.0. The van der Waals surface area contributed by atoms with Crippen LogP contribution in [0.4, 0.5) is 4.79 Å². The highest BCUT2D eigenvalue weighted by atomic mass is 16.2. The van der Waals surface area contributed by atoms with Gasteiger partial charge in [0.05, 0.1) is 0 Å². The number of nitrogens with two attached hydrogens (primary N) is 1. The Bertz CT molecular complexity index is 472. The summed E-state index contributed by atoms with van der Waals surface area (Å²) in [6.45, 7) is 5.17. The van der Waals surface area contributed by atoms with Crippen molar-refractivity contribution in [2.75, 3.05) is 6.54 Å². The largest absolute Gasteiger partial charge is 0.352 e. The number of hydrogen-bond donors (Lipinski definition) is 3. The summed E-state index contributed by atoms with van der Waals surface area (Å²) in [6, 6.07) is 5.67. The summed E-state index contributed by atoms with van der Waals surface area (Å²) in [5.74, 6) is 0.0315. The molecule has 0 aliphatic carbocycles. The number of carbonyl (C=O) groups is 2. The number of urea groups is 1. The zero-order chi connectivity index (χ0) is 15.0. The van der Waals surface area contributed by atoms with Gasteiger partial charge in [-0.3, -0.25) is 4.79 Å². The Kier molecular flexibility index (Phi) is 6.56. The maximum absolute atomic E-state index is 11.7. The average Bonchev–Trinajstić information content (AvgIpc) is 2.37. The number of rotatable bonds is 7. The third-order valence-corrected chi connectivity index (χ3v) is 3.10. The van der Waals surface area contributed by atoms with Crippen molar-refractivity contribution in [3.05, 3.63) is 34.9 Å². The van der Waals surface area contributed by atoms with Gasteiger partial charge in [0.2, 0.25) is 5.91 Å². The maximum atomic E-state index is 11.7. The van der Waals surface area contributed by atoms with Gasteiger partial charge < -0.3 is 16.4 Å². The van der Waals surface area contributed by atoms with Crippen LogP contribution in [0.2, 0.25) is 0 Å². The maximum Gasteiger partial charge on any atom is 0.312 e. The van der Waals surface area contributed by atoms with Gasteiger partial charge in [0.25, 0.3) is 0 Å². The van der Waals surface area contributed by atoms with Crippen LogP contribution in [0.5, 0.6) is 0 Å². The highest BCUT2D eigenvalue weighted by molar-refractivity contribution is 5.75. The van der Waals surface area contributed by atoms with E-state index in [-0.39, 0.29) is 5.91 Å². The molecule has 110 valence electrons. The lowest BCUT2D eigenvalue weighted by Crippen LogP contribution is -2.30. The lowest BCUT2D eigenvalue weighted by molar-refractivity contribution is -0.121. The monoisotopic (exact) mass is 277 g/mol. The molecule has 0 saturated heterocycles. The number of hydrogen-bond acceptors (Lipinski definition) is 2. The quantitative estimate of drug-likeness (QED) is 0.663.